The average Bonchev–Trinajstić information content (AvgIpc) is 2.12. The molecule has 4 nitrogen and oxygen atoms in total. The van der Waals surface area contributed by atoms with E-state index in [0.717, 1.165) is 0 Å². The molecule has 1 aromatic rings. The molecule has 58 valence electrons. The number of nitrogens with two attached hydrogens (primary N) is 1. The van der Waals surface area contributed by atoms with Gasteiger partial charge in [0.05, 0.1) is 0 Å². The highest BCUT2D eigenvalue weighted by molar-refractivity contribution is 5.90. The van der Waals surface area contributed by atoms with Crippen LogP contribution in [0, 0.1) is 0 Å². The number of halogens is 2. The third-order valence-electron chi connectivity index (χ3n) is 0.690. The summed E-state index contributed by atoms with van der Waals surface area (Å²) < 4.78 is 4.32. The summed E-state index contributed by atoms with van der Waals surface area (Å²) in [6.07, 6.45) is 1.29. The molecular weight excluding hydrogens is 179 g/mol. The molecule has 0 aliphatic rings. The van der Waals surface area contributed by atoms with Crippen molar-refractivity contribution in [3.05, 3.63) is 18.0 Å². The van der Waals surface area contributed by atoms with Crippen molar-refractivity contribution < 1.29 is 9.32 Å². The van der Waals surface area contributed by atoms with Gasteiger partial charge in [0.25, 0.3) is 5.91 Å². The zero-order chi connectivity index (χ0) is 5.98. The smallest absolute Gasteiger partial charge is 0.270 e. The molecule has 0 saturated heterocycles. The van der Waals surface area contributed by atoms with Crippen molar-refractivity contribution in [2.75, 3.05) is 0 Å². The number of nitrogens with zero attached hydrogens (tertiary/aromatic N) is 1. The third kappa shape index (κ3) is 2.70. The number of aromatic nitrogens is 1. The van der Waals surface area contributed by atoms with Gasteiger partial charge in [-0.2, -0.15) is 0 Å². The van der Waals surface area contributed by atoms with Crippen molar-refractivity contribution in [1.82, 2.24) is 5.16 Å². The third-order valence-corrected chi connectivity index (χ3v) is 0.690. The Morgan fingerprint density at radius 3 is 2.40 bits per heavy atom. The van der Waals surface area contributed by atoms with Crippen molar-refractivity contribution in [1.29, 1.82) is 0 Å². The highest BCUT2D eigenvalue weighted by Gasteiger charge is 1.99. The summed E-state index contributed by atoms with van der Waals surface area (Å²) in [5.74, 6) is -0.571. The molecule has 1 rings (SSSR count). The minimum Gasteiger partial charge on any atom is -0.364 e. The molecule has 0 aromatic carbocycles. The topological polar surface area (TPSA) is 69.1 Å². The first-order chi connectivity index (χ1) is 3.80. The van der Waals surface area contributed by atoms with Gasteiger partial charge in [0, 0.05) is 6.07 Å². The summed E-state index contributed by atoms with van der Waals surface area (Å²) in [4.78, 5) is 10.2. The maximum atomic E-state index is 10.2. The Morgan fingerprint density at radius 2 is 2.20 bits per heavy atom. The Balaban J connectivity index is 0. The van der Waals surface area contributed by atoms with Crippen molar-refractivity contribution in [3.8, 4) is 0 Å². The Hall–Kier alpha value is -0.740. The molecule has 1 amide bonds. The number of primary amides is 1. The first-order valence-corrected chi connectivity index (χ1v) is 2.01. The molecule has 6 heteroatoms. The predicted octanol–water partition coefficient (Wildman–Crippen LogP) is 0.617. The summed E-state index contributed by atoms with van der Waals surface area (Å²) >= 11 is 0. The largest absolute Gasteiger partial charge is 0.364 e. The minimum atomic E-state index is -0.571. The number of amides is 1. The maximum Gasteiger partial charge on any atom is 0.270 e. The highest BCUT2D eigenvalue weighted by atomic mass is 35.5. The van der Waals surface area contributed by atoms with Crippen LogP contribution in [-0.2, 0) is 0 Å². The van der Waals surface area contributed by atoms with E-state index < -0.39 is 5.91 Å². The summed E-state index contributed by atoms with van der Waals surface area (Å²) in [7, 11) is 0. The number of carbonyl (C=O) groups excluding carboxylic acids is 1. The van der Waals surface area contributed by atoms with E-state index in [1.807, 2.05) is 0 Å². The molecule has 0 radical (unpaired) electrons. The maximum absolute atomic E-state index is 10.2. The predicted molar refractivity (Wildman–Crippen MR) is 39.5 cm³/mol. The normalized spacial score (nSPS) is 7.20. The van der Waals surface area contributed by atoms with Crippen LogP contribution in [0.25, 0.3) is 0 Å². The van der Waals surface area contributed by atoms with Crippen LogP contribution in [0.3, 0.4) is 0 Å². The van der Waals surface area contributed by atoms with Crippen molar-refractivity contribution >= 4 is 30.7 Å². The number of carbonyl (C=O) groups is 1. The van der Waals surface area contributed by atoms with Gasteiger partial charge in [-0.05, 0) is 0 Å². The second-order valence-corrected chi connectivity index (χ2v) is 1.25. The van der Waals surface area contributed by atoms with Crippen molar-refractivity contribution in [2.45, 2.75) is 0 Å². The zero-order valence-electron chi connectivity index (χ0n) is 4.81. The highest BCUT2D eigenvalue weighted by Crippen LogP contribution is 1.89. The molecule has 1 heterocycles. The molecule has 0 atom stereocenters. The van der Waals surface area contributed by atoms with Crippen LogP contribution in [-0.4, -0.2) is 11.1 Å². The lowest BCUT2D eigenvalue weighted by Gasteiger charge is -1.77. The standard InChI is InChI=1S/C4H4N2O2.2ClH/c5-4(7)3-1-2-8-6-3;;/h1-2H,(H2,5,7);2*1H. The molecule has 2 N–H and O–H groups in total. The summed E-state index contributed by atoms with van der Waals surface area (Å²) in [6.45, 7) is 0. The fourth-order valence-corrected chi connectivity index (χ4v) is 0.340. The second-order valence-electron chi connectivity index (χ2n) is 1.25. The van der Waals surface area contributed by atoms with Crippen LogP contribution in [0.2, 0.25) is 0 Å². The van der Waals surface area contributed by atoms with Gasteiger partial charge < -0.3 is 10.3 Å². The van der Waals surface area contributed by atoms with E-state index in [1.54, 1.807) is 0 Å². The van der Waals surface area contributed by atoms with Gasteiger partial charge in [-0.1, -0.05) is 5.16 Å². The molecule has 0 aliphatic heterocycles. The summed E-state index contributed by atoms with van der Waals surface area (Å²) in [5, 5.41) is 3.27. The lowest BCUT2D eigenvalue weighted by molar-refractivity contribution is 0.0991. The van der Waals surface area contributed by atoms with E-state index in [4.69, 9.17) is 5.73 Å². The molecule has 0 fully saturated rings. The first kappa shape index (κ1) is 12.0. The Kier molecular flexibility index (Phi) is 6.09. The van der Waals surface area contributed by atoms with E-state index in [-0.39, 0.29) is 30.5 Å². The molecule has 0 bridgehead atoms. The summed E-state index contributed by atoms with van der Waals surface area (Å²) in [5.41, 5.74) is 4.95. The van der Waals surface area contributed by atoms with Crippen LogP contribution < -0.4 is 5.73 Å². The fraction of sp³-hybridized carbons (Fsp3) is 0. The van der Waals surface area contributed by atoms with Gasteiger partial charge in [-0.3, -0.25) is 4.79 Å². The van der Waals surface area contributed by atoms with Crippen molar-refractivity contribution in [3.63, 3.8) is 0 Å². The molecule has 1 aromatic heterocycles. The van der Waals surface area contributed by atoms with Crippen LogP contribution in [0.4, 0.5) is 0 Å². The molecule has 0 aliphatic carbocycles. The van der Waals surface area contributed by atoms with Gasteiger partial charge in [-0.25, -0.2) is 0 Å². The number of rotatable bonds is 1. The number of hydrogen-bond acceptors (Lipinski definition) is 3. The van der Waals surface area contributed by atoms with Gasteiger partial charge >= 0.3 is 0 Å². The van der Waals surface area contributed by atoms with Gasteiger partial charge in [0.15, 0.2) is 5.69 Å². The van der Waals surface area contributed by atoms with Gasteiger partial charge in [0.1, 0.15) is 6.26 Å². The minimum absolute atomic E-state index is 0. The van der Waals surface area contributed by atoms with Crippen LogP contribution in [0.15, 0.2) is 16.9 Å². The monoisotopic (exact) mass is 184 g/mol. The fourth-order valence-electron chi connectivity index (χ4n) is 0.340. The van der Waals surface area contributed by atoms with Crippen LogP contribution >= 0.6 is 24.8 Å². The molecule has 0 saturated carbocycles. The molecule has 0 unspecified atom stereocenters. The van der Waals surface area contributed by atoms with Crippen LogP contribution in [0.1, 0.15) is 10.5 Å². The van der Waals surface area contributed by atoms with E-state index >= 15 is 0 Å². The molecule has 0 spiro atoms. The van der Waals surface area contributed by atoms with E-state index in [2.05, 4.69) is 9.68 Å². The SMILES string of the molecule is Cl.Cl.NC(=O)c1ccon1. The summed E-state index contributed by atoms with van der Waals surface area (Å²) in [6, 6.07) is 1.41. The van der Waals surface area contributed by atoms with Crippen LogP contribution in [0.5, 0.6) is 0 Å². The van der Waals surface area contributed by atoms with Gasteiger partial charge in [0.2, 0.25) is 0 Å². The number of hydrogen-bond donors (Lipinski definition) is 1. The van der Waals surface area contributed by atoms with E-state index in [0.29, 0.717) is 0 Å². The molecular formula is C4H6Cl2N2O2. The second kappa shape index (κ2) is 5.08. The zero-order valence-corrected chi connectivity index (χ0v) is 6.45. The molecule has 10 heavy (non-hydrogen) atoms. The van der Waals surface area contributed by atoms with Crippen molar-refractivity contribution in [2.24, 2.45) is 5.73 Å². The van der Waals surface area contributed by atoms with Gasteiger partial charge in [-0.15, -0.1) is 24.8 Å². The Morgan fingerprint density at radius 1 is 1.60 bits per heavy atom. The quantitative estimate of drug-likeness (QED) is 0.696. The Labute approximate surface area is 69.6 Å². The lowest BCUT2D eigenvalue weighted by Crippen LogP contribution is -2.10. The first-order valence-electron chi connectivity index (χ1n) is 2.01. The van der Waals surface area contributed by atoms with E-state index in [1.165, 1.54) is 12.3 Å². The lowest BCUT2D eigenvalue weighted by atomic mass is 10.4. The van der Waals surface area contributed by atoms with E-state index in [9.17, 15) is 4.79 Å². The Bertz CT molecular complexity index is 187. The average molecular weight is 185 g/mol.